The van der Waals surface area contributed by atoms with E-state index in [4.69, 9.17) is 4.74 Å². The molecule has 1 saturated heterocycles. The zero-order valence-electron chi connectivity index (χ0n) is 13.2. The summed E-state index contributed by atoms with van der Waals surface area (Å²) in [6.45, 7) is 6.53. The van der Waals surface area contributed by atoms with Gasteiger partial charge in [0.15, 0.2) is 5.43 Å². The molecular weight excluding hydrogens is 306 g/mol. The van der Waals surface area contributed by atoms with E-state index in [-0.39, 0.29) is 5.43 Å². The quantitative estimate of drug-likeness (QED) is 0.675. The molecule has 4 heteroatoms. The minimum absolute atomic E-state index is 0.148. The number of ether oxygens (including phenoxy) is 1. The zero-order chi connectivity index (χ0) is 15.8. The molecule has 1 aromatic heterocycles. The Balaban J connectivity index is 1.77. The number of nitrogens with zero attached hydrogens (tertiary/aromatic N) is 1. The van der Waals surface area contributed by atoms with Crippen molar-refractivity contribution in [2.24, 2.45) is 0 Å². The van der Waals surface area contributed by atoms with Gasteiger partial charge in [-0.3, -0.25) is 9.69 Å². The van der Waals surface area contributed by atoms with Gasteiger partial charge in [-0.1, -0.05) is 17.7 Å². The Kier molecular flexibility index (Phi) is 3.89. The van der Waals surface area contributed by atoms with E-state index in [0.29, 0.717) is 0 Å². The summed E-state index contributed by atoms with van der Waals surface area (Å²) in [7, 11) is 0. The molecule has 0 bridgehead atoms. The number of rotatable bonds is 2. The van der Waals surface area contributed by atoms with Crippen LogP contribution in [-0.2, 0) is 11.3 Å². The van der Waals surface area contributed by atoms with Gasteiger partial charge >= 0.3 is 0 Å². The SMILES string of the molecule is Cc1ccc2sc3cc(CN4CCOCC4)ccc3c(=O)c2c1. The number of aryl methyl sites for hydroxylation is 1. The maximum absolute atomic E-state index is 12.7. The van der Waals surface area contributed by atoms with Crippen LogP contribution in [0.15, 0.2) is 41.2 Å². The highest BCUT2D eigenvalue weighted by Crippen LogP contribution is 2.26. The van der Waals surface area contributed by atoms with E-state index in [1.165, 1.54) is 5.56 Å². The van der Waals surface area contributed by atoms with Crippen LogP contribution in [0.25, 0.3) is 20.2 Å². The normalized spacial score (nSPS) is 16.2. The van der Waals surface area contributed by atoms with Crippen molar-refractivity contribution in [2.45, 2.75) is 13.5 Å². The highest BCUT2D eigenvalue weighted by Gasteiger charge is 2.12. The standard InChI is InChI=1S/C19H19NO2S/c1-13-2-5-17-16(10-13)19(21)15-4-3-14(11-18(15)23-17)12-20-6-8-22-9-7-20/h2-5,10-11H,6-9,12H2,1H3. The number of hydrogen-bond acceptors (Lipinski definition) is 4. The second-order valence-corrected chi connectivity index (χ2v) is 7.23. The summed E-state index contributed by atoms with van der Waals surface area (Å²) >= 11 is 1.71. The topological polar surface area (TPSA) is 29.5 Å². The van der Waals surface area contributed by atoms with Gasteiger partial charge < -0.3 is 4.74 Å². The molecule has 3 aromatic rings. The van der Waals surface area contributed by atoms with Gasteiger partial charge in [0, 0.05) is 39.8 Å². The molecule has 118 valence electrons. The van der Waals surface area contributed by atoms with E-state index in [9.17, 15) is 4.79 Å². The molecule has 0 unspecified atom stereocenters. The molecule has 23 heavy (non-hydrogen) atoms. The van der Waals surface area contributed by atoms with E-state index in [1.54, 1.807) is 11.3 Å². The van der Waals surface area contributed by atoms with Crippen LogP contribution < -0.4 is 5.43 Å². The Hall–Kier alpha value is -1.75. The molecule has 3 nitrogen and oxygen atoms in total. The Morgan fingerprint density at radius 1 is 1.04 bits per heavy atom. The Morgan fingerprint density at radius 3 is 2.70 bits per heavy atom. The van der Waals surface area contributed by atoms with Gasteiger partial charge in [-0.25, -0.2) is 0 Å². The van der Waals surface area contributed by atoms with Crippen LogP contribution in [0.4, 0.5) is 0 Å². The summed E-state index contributed by atoms with van der Waals surface area (Å²) < 4.78 is 7.55. The first-order chi connectivity index (χ1) is 11.2. The first kappa shape index (κ1) is 14.8. The van der Waals surface area contributed by atoms with Crippen molar-refractivity contribution in [3.05, 3.63) is 57.7 Å². The number of benzene rings is 2. The largest absolute Gasteiger partial charge is 0.379 e. The summed E-state index contributed by atoms with van der Waals surface area (Å²) in [5.41, 5.74) is 2.54. The Morgan fingerprint density at radius 2 is 1.87 bits per heavy atom. The van der Waals surface area contributed by atoms with Crippen LogP contribution in [0.2, 0.25) is 0 Å². The summed E-state index contributed by atoms with van der Waals surface area (Å²) in [5, 5.41) is 1.67. The molecule has 0 radical (unpaired) electrons. The van der Waals surface area contributed by atoms with E-state index in [0.717, 1.165) is 58.6 Å². The molecule has 1 fully saturated rings. The van der Waals surface area contributed by atoms with Crippen LogP contribution in [0, 0.1) is 6.92 Å². The molecule has 0 N–H and O–H groups in total. The lowest BCUT2D eigenvalue weighted by Crippen LogP contribution is -2.35. The summed E-state index contributed by atoms with van der Waals surface area (Å²) in [5.74, 6) is 0. The fourth-order valence-corrected chi connectivity index (χ4v) is 4.24. The van der Waals surface area contributed by atoms with E-state index in [2.05, 4.69) is 29.2 Å². The van der Waals surface area contributed by atoms with Crippen molar-refractivity contribution >= 4 is 31.5 Å². The molecule has 0 aliphatic carbocycles. The molecular formula is C19H19NO2S. The number of fused-ring (bicyclic) bond motifs is 2. The predicted octanol–water partition coefficient (Wildman–Crippen LogP) is 3.56. The monoisotopic (exact) mass is 325 g/mol. The second-order valence-electron chi connectivity index (χ2n) is 6.15. The maximum Gasteiger partial charge on any atom is 0.195 e. The minimum atomic E-state index is 0.148. The van der Waals surface area contributed by atoms with Gasteiger partial charge in [0.25, 0.3) is 0 Å². The van der Waals surface area contributed by atoms with Crippen molar-refractivity contribution < 1.29 is 4.74 Å². The molecule has 2 aromatic carbocycles. The second kappa shape index (κ2) is 6.04. The van der Waals surface area contributed by atoms with Crippen molar-refractivity contribution in [1.82, 2.24) is 4.90 Å². The molecule has 1 aliphatic heterocycles. The Labute approximate surface area is 139 Å². The van der Waals surface area contributed by atoms with Gasteiger partial charge in [-0.2, -0.15) is 0 Å². The lowest BCUT2D eigenvalue weighted by molar-refractivity contribution is 0.0342. The third-order valence-electron chi connectivity index (χ3n) is 4.40. The molecule has 1 aliphatic rings. The van der Waals surface area contributed by atoms with Crippen LogP contribution >= 0.6 is 11.3 Å². The van der Waals surface area contributed by atoms with E-state index < -0.39 is 0 Å². The summed E-state index contributed by atoms with van der Waals surface area (Å²) in [4.78, 5) is 15.1. The zero-order valence-corrected chi connectivity index (χ0v) is 14.0. The highest BCUT2D eigenvalue weighted by molar-refractivity contribution is 7.24. The number of hydrogen-bond donors (Lipinski definition) is 0. The van der Waals surface area contributed by atoms with Gasteiger partial charge in [-0.15, -0.1) is 11.3 Å². The van der Waals surface area contributed by atoms with Crippen LogP contribution in [0.3, 0.4) is 0 Å². The maximum atomic E-state index is 12.7. The molecule has 0 saturated carbocycles. The van der Waals surface area contributed by atoms with Crippen molar-refractivity contribution in [2.75, 3.05) is 26.3 Å². The lowest BCUT2D eigenvalue weighted by atomic mass is 10.1. The molecule has 0 amide bonds. The van der Waals surface area contributed by atoms with E-state index in [1.807, 2.05) is 19.1 Å². The van der Waals surface area contributed by atoms with Crippen LogP contribution in [0.5, 0.6) is 0 Å². The van der Waals surface area contributed by atoms with Gasteiger partial charge in [-0.05, 0) is 36.8 Å². The molecule has 0 atom stereocenters. The molecule has 0 spiro atoms. The summed E-state index contributed by atoms with van der Waals surface area (Å²) in [6.07, 6.45) is 0. The van der Waals surface area contributed by atoms with Gasteiger partial charge in [0.05, 0.1) is 13.2 Å². The summed E-state index contributed by atoms with van der Waals surface area (Å²) in [6, 6.07) is 12.4. The third kappa shape index (κ3) is 2.90. The van der Waals surface area contributed by atoms with Crippen LogP contribution in [0.1, 0.15) is 11.1 Å². The van der Waals surface area contributed by atoms with E-state index >= 15 is 0 Å². The molecule has 2 heterocycles. The lowest BCUT2D eigenvalue weighted by Gasteiger charge is -2.26. The smallest absolute Gasteiger partial charge is 0.195 e. The average Bonchev–Trinajstić information content (AvgIpc) is 2.57. The van der Waals surface area contributed by atoms with Crippen molar-refractivity contribution in [1.29, 1.82) is 0 Å². The van der Waals surface area contributed by atoms with Gasteiger partial charge in [0.2, 0.25) is 0 Å². The molecule has 4 rings (SSSR count). The third-order valence-corrected chi connectivity index (χ3v) is 5.53. The first-order valence-corrected chi connectivity index (χ1v) is 8.78. The first-order valence-electron chi connectivity index (χ1n) is 7.97. The number of morpholine rings is 1. The Bertz CT molecular complexity index is 926. The van der Waals surface area contributed by atoms with Crippen molar-refractivity contribution in [3.63, 3.8) is 0 Å². The average molecular weight is 325 g/mol. The van der Waals surface area contributed by atoms with Crippen LogP contribution in [-0.4, -0.2) is 31.2 Å². The fourth-order valence-electron chi connectivity index (χ4n) is 3.13. The fraction of sp³-hybridized carbons (Fsp3) is 0.316. The van der Waals surface area contributed by atoms with Gasteiger partial charge in [0.1, 0.15) is 0 Å². The predicted molar refractivity (Wildman–Crippen MR) is 96.4 cm³/mol. The minimum Gasteiger partial charge on any atom is -0.379 e. The van der Waals surface area contributed by atoms with Crippen molar-refractivity contribution in [3.8, 4) is 0 Å². The highest BCUT2D eigenvalue weighted by atomic mass is 32.1.